The van der Waals surface area contributed by atoms with Gasteiger partial charge in [-0.3, -0.25) is 14.5 Å². The molecule has 134 valence electrons. The van der Waals surface area contributed by atoms with Crippen LogP contribution in [0.1, 0.15) is 40.4 Å². The fourth-order valence-electron chi connectivity index (χ4n) is 3.49. The molecule has 1 heterocycles. The summed E-state index contributed by atoms with van der Waals surface area (Å²) in [6.45, 7) is 5.39. The minimum absolute atomic E-state index is 0.244. The minimum Gasteiger partial charge on any atom is -0.319 e. The molecule has 0 saturated carbocycles. The summed E-state index contributed by atoms with van der Waals surface area (Å²) in [6.07, 6.45) is 0.413. The summed E-state index contributed by atoms with van der Waals surface area (Å²) in [5.74, 6) is -0.625. The summed E-state index contributed by atoms with van der Waals surface area (Å²) >= 11 is 0. The number of ketones is 1. The molecule has 0 aliphatic carbocycles. The SMILES string of the molecule is CC[C@@]1(c2ccccc2)NC(=O)N(CC(=O)c2ccc(C)cc2C)C1=O. The molecule has 1 N–H and O–H groups in total. The van der Waals surface area contributed by atoms with E-state index in [1.165, 1.54) is 0 Å². The van der Waals surface area contributed by atoms with E-state index in [0.717, 1.165) is 21.6 Å². The zero-order valence-corrected chi connectivity index (χ0v) is 15.2. The summed E-state index contributed by atoms with van der Waals surface area (Å²) < 4.78 is 0. The third-order valence-corrected chi connectivity index (χ3v) is 4.96. The average Bonchev–Trinajstić information content (AvgIpc) is 2.87. The van der Waals surface area contributed by atoms with Crippen LogP contribution in [-0.2, 0) is 10.3 Å². The van der Waals surface area contributed by atoms with E-state index in [-0.39, 0.29) is 18.2 Å². The lowest BCUT2D eigenvalue weighted by Crippen LogP contribution is -2.43. The molecule has 1 atom stereocenters. The van der Waals surface area contributed by atoms with Crippen LogP contribution >= 0.6 is 0 Å². The molecule has 0 unspecified atom stereocenters. The van der Waals surface area contributed by atoms with Crippen LogP contribution in [0.5, 0.6) is 0 Å². The van der Waals surface area contributed by atoms with E-state index in [9.17, 15) is 14.4 Å². The van der Waals surface area contributed by atoms with E-state index in [1.54, 1.807) is 6.07 Å². The van der Waals surface area contributed by atoms with Crippen molar-refractivity contribution >= 4 is 17.7 Å². The number of benzene rings is 2. The topological polar surface area (TPSA) is 66.5 Å². The van der Waals surface area contributed by atoms with Gasteiger partial charge in [-0.1, -0.05) is 61.0 Å². The second-order valence-electron chi connectivity index (χ2n) is 6.69. The Labute approximate surface area is 153 Å². The number of hydrogen-bond donors (Lipinski definition) is 1. The second kappa shape index (κ2) is 6.75. The largest absolute Gasteiger partial charge is 0.325 e. The standard InChI is InChI=1S/C21H22N2O3/c1-4-21(16-8-6-5-7-9-16)19(25)23(20(26)22-21)13-18(24)17-11-10-14(2)12-15(17)3/h5-12H,4,13H2,1-3H3,(H,22,26)/t21-/m0/s1. The smallest absolute Gasteiger partial charge is 0.319 e. The molecule has 2 aromatic rings. The van der Waals surface area contributed by atoms with Gasteiger partial charge in [-0.05, 0) is 31.4 Å². The number of urea groups is 1. The molecule has 1 aliphatic heterocycles. The van der Waals surface area contributed by atoms with Crippen LogP contribution in [0.15, 0.2) is 48.5 Å². The summed E-state index contributed by atoms with van der Waals surface area (Å²) in [5, 5.41) is 2.80. The Hall–Kier alpha value is -2.95. The summed E-state index contributed by atoms with van der Waals surface area (Å²) in [6, 6.07) is 14.1. The highest BCUT2D eigenvalue weighted by molar-refractivity contribution is 6.11. The lowest BCUT2D eigenvalue weighted by Gasteiger charge is -2.25. The lowest BCUT2D eigenvalue weighted by molar-refractivity contribution is -0.131. The van der Waals surface area contributed by atoms with Gasteiger partial charge in [0.25, 0.3) is 5.91 Å². The first kappa shape index (κ1) is 17.9. The van der Waals surface area contributed by atoms with Gasteiger partial charge in [0.05, 0.1) is 6.54 Å². The van der Waals surface area contributed by atoms with Gasteiger partial charge in [0.2, 0.25) is 0 Å². The van der Waals surface area contributed by atoms with Crippen molar-refractivity contribution in [2.75, 3.05) is 6.54 Å². The van der Waals surface area contributed by atoms with Crippen LogP contribution in [0.25, 0.3) is 0 Å². The lowest BCUT2D eigenvalue weighted by atomic mass is 9.87. The van der Waals surface area contributed by atoms with Gasteiger partial charge in [0.1, 0.15) is 5.54 Å². The molecular formula is C21H22N2O3. The first-order valence-electron chi connectivity index (χ1n) is 8.69. The van der Waals surface area contributed by atoms with Crippen LogP contribution in [-0.4, -0.2) is 29.2 Å². The highest BCUT2D eigenvalue weighted by atomic mass is 16.2. The highest BCUT2D eigenvalue weighted by Gasteiger charge is 2.51. The number of aryl methyl sites for hydroxylation is 2. The fourth-order valence-corrected chi connectivity index (χ4v) is 3.49. The van der Waals surface area contributed by atoms with Gasteiger partial charge in [-0.2, -0.15) is 0 Å². The molecule has 5 nitrogen and oxygen atoms in total. The number of nitrogens with one attached hydrogen (secondary N) is 1. The van der Waals surface area contributed by atoms with Crippen LogP contribution in [0.2, 0.25) is 0 Å². The quantitative estimate of drug-likeness (QED) is 0.664. The third-order valence-electron chi connectivity index (χ3n) is 4.96. The maximum Gasteiger partial charge on any atom is 0.325 e. The number of rotatable bonds is 5. The Kier molecular flexibility index (Phi) is 4.64. The number of carbonyl (C=O) groups excluding carboxylic acids is 3. The monoisotopic (exact) mass is 350 g/mol. The van der Waals surface area contributed by atoms with E-state index >= 15 is 0 Å². The second-order valence-corrected chi connectivity index (χ2v) is 6.69. The Balaban J connectivity index is 1.88. The minimum atomic E-state index is -1.11. The van der Waals surface area contributed by atoms with E-state index in [0.29, 0.717) is 12.0 Å². The fraction of sp³-hybridized carbons (Fsp3) is 0.286. The Morgan fingerprint density at radius 3 is 2.38 bits per heavy atom. The number of imide groups is 1. The molecule has 26 heavy (non-hydrogen) atoms. The van der Waals surface area contributed by atoms with Crippen LogP contribution in [0, 0.1) is 13.8 Å². The first-order chi connectivity index (χ1) is 12.4. The normalized spacial score (nSPS) is 19.6. The molecule has 1 saturated heterocycles. The Bertz CT molecular complexity index is 876. The van der Waals surface area contributed by atoms with E-state index in [2.05, 4.69) is 5.32 Å². The van der Waals surface area contributed by atoms with E-state index < -0.39 is 11.6 Å². The molecule has 3 rings (SSSR count). The number of nitrogens with zero attached hydrogens (tertiary/aromatic N) is 1. The predicted octanol–water partition coefficient (Wildman–Crippen LogP) is 3.34. The van der Waals surface area contributed by atoms with Crippen molar-refractivity contribution in [1.82, 2.24) is 10.2 Å². The highest BCUT2D eigenvalue weighted by Crippen LogP contribution is 2.32. The summed E-state index contributed by atoms with van der Waals surface area (Å²) in [7, 11) is 0. The van der Waals surface area contributed by atoms with Crippen LogP contribution < -0.4 is 5.32 Å². The summed E-state index contributed by atoms with van der Waals surface area (Å²) in [4.78, 5) is 39.3. The maximum atomic E-state index is 13.1. The Morgan fingerprint density at radius 1 is 1.08 bits per heavy atom. The van der Waals surface area contributed by atoms with Gasteiger partial charge >= 0.3 is 6.03 Å². The zero-order valence-electron chi connectivity index (χ0n) is 15.2. The van der Waals surface area contributed by atoms with E-state index in [4.69, 9.17) is 0 Å². The molecule has 0 spiro atoms. The van der Waals surface area contributed by atoms with Gasteiger partial charge < -0.3 is 5.32 Å². The van der Waals surface area contributed by atoms with Crippen molar-refractivity contribution in [2.45, 2.75) is 32.7 Å². The number of amides is 3. The molecule has 1 aliphatic rings. The third kappa shape index (κ3) is 2.90. The molecule has 1 fully saturated rings. The molecule has 5 heteroatoms. The molecule has 0 aromatic heterocycles. The number of carbonyl (C=O) groups is 3. The molecule has 2 aromatic carbocycles. The van der Waals surface area contributed by atoms with Crippen molar-refractivity contribution in [3.05, 3.63) is 70.8 Å². The van der Waals surface area contributed by atoms with Gasteiger partial charge in [-0.15, -0.1) is 0 Å². The number of Topliss-reactive ketones (excluding diaryl/α,β-unsaturated/α-hetero) is 1. The van der Waals surface area contributed by atoms with Crippen molar-refractivity contribution in [3.8, 4) is 0 Å². The van der Waals surface area contributed by atoms with Crippen molar-refractivity contribution in [3.63, 3.8) is 0 Å². The van der Waals surface area contributed by atoms with Crippen molar-refractivity contribution < 1.29 is 14.4 Å². The zero-order chi connectivity index (χ0) is 18.9. The van der Waals surface area contributed by atoms with Crippen molar-refractivity contribution in [1.29, 1.82) is 0 Å². The molecule has 3 amide bonds. The summed E-state index contributed by atoms with van der Waals surface area (Å²) in [5.41, 5.74) is 2.04. The van der Waals surface area contributed by atoms with Gasteiger partial charge in [0.15, 0.2) is 5.78 Å². The van der Waals surface area contributed by atoms with E-state index in [1.807, 2.05) is 63.2 Å². The van der Waals surface area contributed by atoms with Crippen LogP contribution in [0.3, 0.4) is 0 Å². The predicted molar refractivity (Wildman–Crippen MR) is 98.9 cm³/mol. The molecule has 0 bridgehead atoms. The molecular weight excluding hydrogens is 328 g/mol. The van der Waals surface area contributed by atoms with Gasteiger partial charge in [0, 0.05) is 5.56 Å². The van der Waals surface area contributed by atoms with Crippen molar-refractivity contribution in [2.24, 2.45) is 0 Å². The number of hydrogen-bond acceptors (Lipinski definition) is 3. The average molecular weight is 350 g/mol. The Morgan fingerprint density at radius 2 is 1.77 bits per heavy atom. The molecule has 0 radical (unpaired) electrons. The van der Waals surface area contributed by atoms with Gasteiger partial charge in [-0.25, -0.2) is 4.79 Å². The maximum absolute atomic E-state index is 13.1. The van der Waals surface area contributed by atoms with Crippen LogP contribution in [0.4, 0.5) is 4.79 Å². The first-order valence-corrected chi connectivity index (χ1v) is 8.69.